The zero-order chi connectivity index (χ0) is 16.2. The van der Waals surface area contributed by atoms with Crippen molar-refractivity contribution < 1.29 is 4.79 Å². The number of likely N-dealkylation sites (N-methyl/N-ethyl adjacent to an activating group) is 1. The van der Waals surface area contributed by atoms with Gasteiger partial charge in [0.1, 0.15) is 0 Å². The van der Waals surface area contributed by atoms with E-state index in [1.54, 1.807) is 0 Å². The third-order valence-corrected chi connectivity index (χ3v) is 5.28. The number of rotatable bonds is 4. The van der Waals surface area contributed by atoms with Gasteiger partial charge in [-0.3, -0.25) is 0 Å². The normalized spacial score (nSPS) is 24.9. The maximum Gasteiger partial charge on any atom is 0.315 e. The number of nitrogens with zero attached hydrogens (tertiary/aromatic N) is 2. The van der Waals surface area contributed by atoms with Crippen molar-refractivity contribution in [2.45, 2.75) is 18.9 Å². The minimum absolute atomic E-state index is 0.0209. The molecule has 2 aliphatic rings. The highest BCUT2D eigenvalue weighted by Gasteiger charge is 2.24. The Morgan fingerprint density at radius 2 is 2.00 bits per heavy atom. The first-order valence-electron chi connectivity index (χ1n) is 8.33. The van der Waals surface area contributed by atoms with Crippen LogP contribution in [0.3, 0.4) is 0 Å². The summed E-state index contributed by atoms with van der Waals surface area (Å²) in [6.45, 7) is 4.84. The first-order chi connectivity index (χ1) is 11.1. The lowest BCUT2D eigenvalue weighted by molar-refractivity contribution is 0.235. The molecule has 126 valence electrons. The average molecular weight is 381 g/mol. The summed E-state index contributed by atoms with van der Waals surface area (Å²) in [6, 6.07) is 8.71. The second kappa shape index (κ2) is 7.53. The van der Waals surface area contributed by atoms with Gasteiger partial charge in [0.05, 0.1) is 0 Å². The molecule has 2 aliphatic heterocycles. The number of carbonyl (C=O) groups is 1. The zero-order valence-electron chi connectivity index (χ0n) is 13.6. The van der Waals surface area contributed by atoms with Crippen LogP contribution in [-0.2, 0) is 0 Å². The highest BCUT2D eigenvalue weighted by molar-refractivity contribution is 9.10. The van der Waals surface area contributed by atoms with Gasteiger partial charge in [-0.1, -0.05) is 15.9 Å². The Morgan fingerprint density at radius 1 is 1.22 bits per heavy atom. The van der Waals surface area contributed by atoms with Crippen molar-refractivity contribution in [3.8, 4) is 0 Å². The monoisotopic (exact) mass is 380 g/mol. The molecular weight excluding hydrogens is 356 g/mol. The lowest BCUT2D eigenvalue weighted by Gasteiger charge is -2.19. The highest BCUT2D eigenvalue weighted by atomic mass is 79.9. The Hall–Kier alpha value is -1.27. The second-order valence-electron chi connectivity index (χ2n) is 6.68. The van der Waals surface area contributed by atoms with Gasteiger partial charge in [0.15, 0.2) is 0 Å². The van der Waals surface area contributed by atoms with Crippen LogP contribution in [0.4, 0.5) is 10.5 Å². The fourth-order valence-electron chi connectivity index (χ4n) is 3.41. The number of carbonyl (C=O) groups excluding carboxylic acids is 1. The first kappa shape index (κ1) is 16.6. The third-order valence-electron chi connectivity index (χ3n) is 4.76. The lowest BCUT2D eigenvalue weighted by atomic mass is 10.1. The van der Waals surface area contributed by atoms with E-state index >= 15 is 0 Å². The Balaban J connectivity index is 1.40. The van der Waals surface area contributed by atoms with E-state index in [0.717, 1.165) is 50.0 Å². The standard InChI is InChI=1S/C17H25BrN4O/c1-21-8-7-15(12-21)20-17(23)19-10-13-6-9-22(11-13)16-4-2-14(18)3-5-16/h2-5,13,15H,6-12H2,1H3,(H2,19,20,23)/t13-,15-/m0/s1. The number of amides is 2. The molecule has 0 spiro atoms. The highest BCUT2D eigenvalue weighted by Crippen LogP contribution is 2.24. The molecule has 1 aromatic rings. The second-order valence-corrected chi connectivity index (χ2v) is 7.60. The van der Waals surface area contributed by atoms with Gasteiger partial charge >= 0.3 is 6.03 Å². The van der Waals surface area contributed by atoms with Gasteiger partial charge in [-0.05, 0) is 56.6 Å². The molecule has 23 heavy (non-hydrogen) atoms. The number of anilines is 1. The molecule has 2 N–H and O–H groups in total. The number of urea groups is 1. The Kier molecular flexibility index (Phi) is 5.43. The van der Waals surface area contributed by atoms with Gasteiger partial charge in [-0.15, -0.1) is 0 Å². The van der Waals surface area contributed by atoms with Crippen molar-refractivity contribution >= 4 is 27.6 Å². The fourth-order valence-corrected chi connectivity index (χ4v) is 3.68. The van der Waals surface area contributed by atoms with Gasteiger partial charge in [0.2, 0.25) is 0 Å². The summed E-state index contributed by atoms with van der Waals surface area (Å²) < 4.78 is 1.10. The van der Waals surface area contributed by atoms with Gasteiger partial charge in [0, 0.05) is 42.4 Å². The van der Waals surface area contributed by atoms with Crippen LogP contribution in [0.25, 0.3) is 0 Å². The molecule has 2 atom stereocenters. The molecule has 6 heteroatoms. The lowest BCUT2D eigenvalue weighted by Crippen LogP contribution is -2.44. The maximum atomic E-state index is 12.0. The van der Waals surface area contributed by atoms with Crippen molar-refractivity contribution in [1.29, 1.82) is 0 Å². The summed E-state index contributed by atoms with van der Waals surface area (Å²) in [5.41, 5.74) is 1.26. The van der Waals surface area contributed by atoms with E-state index in [9.17, 15) is 4.79 Å². The largest absolute Gasteiger partial charge is 0.371 e. The van der Waals surface area contributed by atoms with Crippen molar-refractivity contribution in [2.75, 3.05) is 44.7 Å². The van der Waals surface area contributed by atoms with E-state index in [1.807, 2.05) is 0 Å². The quantitative estimate of drug-likeness (QED) is 0.842. The van der Waals surface area contributed by atoms with Crippen LogP contribution in [0.5, 0.6) is 0 Å². The number of nitrogens with one attached hydrogen (secondary N) is 2. The molecule has 2 fully saturated rings. The van der Waals surface area contributed by atoms with Crippen molar-refractivity contribution in [1.82, 2.24) is 15.5 Å². The molecular formula is C17H25BrN4O. The predicted octanol–water partition coefficient (Wildman–Crippen LogP) is 2.28. The molecule has 5 nitrogen and oxygen atoms in total. The minimum atomic E-state index is -0.0209. The van der Waals surface area contributed by atoms with E-state index in [0.29, 0.717) is 12.0 Å². The number of halogens is 1. The van der Waals surface area contributed by atoms with E-state index in [-0.39, 0.29) is 6.03 Å². The number of benzene rings is 1. The smallest absolute Gasteiger partial charge is 0.315 e. The number of hydrogen-bond donors (Lipinski definition) is 2. The van der Waals surface area contributed by atoms with Crippen LogP contribution >= 0.6 is 15.9 Å². The molecule has 0 saturated carbocycles. The summed E-state index contributed by atoms with van der Waals surface area (Å²) in [4.78, 5) is 16.6. The van der Waals surface area contributed by atoms with Crippen LogP contribution in [0.1, 0.15) is 12.8 Å². The van der Waals surface area contributed by atoms with E-state index in [4.69, 9.17) is 0 Å². The van der Waals surface area contributed by atoms with Gasteiger partial charge < -0.3 is 20.4 Å². The van der Waals surface area contributed by atoms with Crippen molar-refractivity contribution in [2.24, 2.45) is 5.92 Å². The Bertz CT molecular complexity index is 536. The summed E-state index contributed by atoms with van der Waals surface area (Å²) in [5.74, 6) is 0.524. The van der Waals surface area contributed by atoms with Crippen molar-refractivity contribution in [3.05, 3.63) is 28.7 Å². The van der Waals surface area contributed by atoms with E-state index in [2.05, 4.69) is 67.7 Å². The van der Waals surface area contributed by atoms with Crippen LogP contribution in [0, 0.1) is 5.92 Å². The molecule has 0 unspecified atom stereocenters. The molecule has 2 amide bonds. The first-order valence-corrected chi connectivity index (χ1v) is 9.13. The molecule has 0 aliphatic carbocycles. The third kappa shape index (κ3) is 4.61. The predicted molar refractivity (Wildman–Crippen MR) is 96.9 cm³/mol. The number of hydrogen-bond acceptors (Lipinski definition) is 3. The van der Waals surface area contributed by atoms with Crippen LogP contribution in [-0.4, -0.2) is 56.7 Å². The molecule has 2 saturated heterocycles. The molecule has 0 radical (unpaired) electrons. The molecule has 0 bridgehead atoms. The fraction of sp³-hybridized carbons (Fsp3) is 0.588. The van der Waals surface area contributed by atoms with Crippen LogP contribution < -0.4 is 15.5 Å². The molecule has 2 heterocycles. The molecule has 1 aromatic carbocycles. The van der Waals surface area contributed by atoms with E-state index < -0.39 is 0 Å². The van der Waals surface area contributed by atoms with Gasteiger partial charge in [0.25, 0.3) is 0 Å². The molecule has 3 rings (SSSR count). The Labute approximate surface area is 146 Å². The summed E-state index contributed by atoms with van der Waals surface area (Å²) in [5, 5.41) is 6.12. The van der Waals surface area contributed by atoms with Gasteiger partial charge in [-0.25, -0.2) is 4.79 Å². The molecule has 0 aromatic heterocycles. The SMILES string of the molecule is CN1CC[C@H](NC(=O)NC[C@@H]2CCN(c3ccc(Br)cc3)C2)C1. The maximum absolute atomic E-state index is 12.0. The minimum Gasteiger partial charge on any atom is -0.371 e. The topological polar surface area (TPSA) is 47.6 Å². The van der Waals surface area contributed by atoms with Crippen LogP contribution in [0.15, 0.2) is 28.7 Å². The number of likely N-dealkylation sites (tertiary alicyclic amines) is 1. The summed E-state index contributed by atoms with van der Waals surface area (Å²) in [6.07, 6.45) is 2.17. The van der Waals surface area contributed by atoms with Gasteiger partial charge in [-0.2, -0.15) is 0 Å². The summed E-state index contributed by atoms with van der Waals surface area (Å²) in [7, 11) is 2.09. The average Bonchev–Trinajstić information content (AvgIpc) is 3.15. The van der Waals surface area contributed by atoms with Crippen LogP contribution in [0.2, 0.25) is 0 Å². The van der Waals surface area contributed by atoms with Crippen molar-refractivity contribution in [3.63, 3.8) is 0 Å². The van der Waals surface area contributed by atoms with E-state index in [1.165, 1.54) is 5.69 Å². The zero-order valence-corrected chi connectivity index (χ0v) is 15.2. The summed E-state index contributed by atoms with van der Waals surface area (Å²) >= 11 is 3.47. The Morgan fingerprint density at radius 3 is 2.70 bits per heavy atom.